The Kier molecular flexibility index (Phi) is 3.49. The Bertz CT molecular complexity index is 477. The zero-order valence-corrected chi connectivity index (χ0v) is 9.24. The molecule has 0 spiro atoms. The van der Waals surface area contributed by atoms with E-state index >= 15 is 0 Å². The summed E-state index contributed by atoms with van der Waals surface area (Å²) < 4.78 is 26.0. The first-order valence-corrected chi connectivity index (χ1v) is 5.40. The largest absolute Gasteiger partial charge is 0.324 e. The Morgan fingerprint density at radius 2 is 1.53 bits per heavy atom. The van der Waals surface area contributed by atoms with Gasteiger partial charge in [-0.3, -0.25) is 0 Å². The summed E-state index contributed by atoms with van der Waals surface area (Å²) in [6.45, 7) is 0. The lowest BCUT2D eigenvalue weighted by Gasteiger charge is -2.12. The van der Waals surface area contributed by atoms with E-state index < -0.39 is 11.6 Å². The van der Waals surface area contributed by atoms with E-state index in [1.54, 1.807) is 0 Å². The Morgan fingerprint density at radius 1 is 0.941 bits per heavy atom. The summed E-state index contributed by atoms with van der Waals surface area (Å²) in [5.74, 6) is -1.14. The quantitative estimate of drug-likeness (QED) is 0.865. The van der Waals surface area contributed by atoms with E-state index in [4.69, 9.17) is 5.73 Å². The van der Waals surface area contributed by atoms with Crippen LogP contribution in [0.3, 0.4) is 0 Å². The van der Waals surface area contributed by atoms with Gasteiger partial charge in [-0.15, -0.1) is 0 Å². The third-order valence-electron chi connectivity index (χ3n) is 2.61. The van der Waals surface area contributed by atoms with Crippen LogP contribution in [0.4, 0.5) is 8.78 Å². The molecular formula is C14H13F2N. The molecule has 3 heteroatoms. The third-order valence-corrected chi connectivity index (χ3v) is 2.61. The average molecular weight is 233 g/mol. The van der Waals surface area contributed by atoms with Crippen molar-refractivity contribution in [1.29, 1.82) is 0 Å². The molecule has 0 heterocycles. The smallest absolute Gasteiger partial charge is 0.126 e. The molecule has 2 aromatic rings. The fourth-order valence-electron chi connectivity index (χ4n) is 1.80. The lowest BCUT2D eigenvalue weighted by atomic mass is 10.00. The summed E-state index contributed by atoms with van der Waals surface area (Å²) in [4.78, 5) is 0. The van der Waals surface area contributed by atoms with Crippen LogP contribution in [-0.4, -0.2) is 0 Å². The van der Waals surface area contributed by atoms with Gasteiger partial charge in [0.1, 0.15) is 11.6 Å². The molecule has 0 bridgehead atoms. The lowest BCUT2D eigenvalue weighted by Crippen LogP contribution is -2.13. The molecule has 1 unspecified atom stereocenters. The highest BCUT2D eigenvalue weighted by molar-refractivity contribution is 5.24. The molecule has 0 aromatic heterocycles. The second-order valence-corrected chi connectivity index (χ2v) is 4.00. The molecule has 0 radical (unpaired) electrons. The van der Waals surface area contributed by atoms with E-state index in [0.29, 0.717) is 12.0 Å². The van der Waals surface area contributed by atoms with Crippen molar-refractivity contribution < 1.29 is 8.78 Å². The van der Waals surface area contributed by atoms with Crippen molar-refractivity contribution in [2.24, 2.45) is 5.73 Å². The second-order valence-electron chi connectivity index (χ2n) is 4.00. The summed E-state index contributed by atoms with van der Waals surface area (Å²) in [6, 6.07) is 12.7. The van der Waals surface area contributed by atoms with Gasteiger partial charge in [0.15, 0.2) is 0 Å². The molecule has 0 saturated heterocycles. The molecule has 17 heavy (non-hydrogen) atoms. The summed E-state index contributed by atoms with van der Waals surface area (Å²) in [5, 5.41) is 0. The van der Waals surface area contributed by atoms with E-state index in [1.165, 1.54) is 12.1 Å². The predicted molar refractivity (Wildman–Crippen MR) is 63.4 cm³/mol. The van der Waals surface area contributed by atoms with Gasteiger partial charge in [0, 0.05) is 12.1 Å². The number of halogens is 2. The molecule has 2 aromatic carbocycles. The van der Waals surface area contributed by atoms with Crippen LogP contribution in [0.5, 0.6) is 0 Å². The maximum Gasteiger partial charge on any atom is 0.126 e. The van der Waals surface area contributed by atoms with E-state index in [2.05, 4.69) is 0 Å². The van der Waals surface area contributed by atoms with E-state index in [0.717, 1.165) is 11.6 Å². The Morgan fingerprint density at radius 3 is 2.12 bits per heavy atom. The molecular weight excluding hydrogens is 220 g/mol. The van der Waals surface area contributed by atoms with Gasteiger partial charge >= 0.3 is 0 Å². The van der Waals surface area contributed by atoms with Gasteiger partial charge in [-0.1, -0.05) is 30.3 Å². The van der Waals surface area contributed by atoms with Crippen LogP contribution >= 0.6 is 0 Å². The molecule has 88 valence electrons. The Labute approximate surface area is 98.9 Å². The van der Waals surface area contributed by atoms with Crippen LogP contribution in [-0.2, 0) is 6.42 Å². The van der Waals surface area contributed by atoms with Crippen LogP contribution in [0, 0.1) is 11.6 Å². The number of hydrogen-bond acceptors (Lipinski definition) is 1. The zero-order chi connectivity index (χ0) is 12.3. The standard InChI is InChI=1S/C14H13F2N/c15-12-6-10(7-13(16)9-12)8-14(17)11-4-2-1-3-5-11/h1-7,9,14H,8,17H2. The minimum atomic E-state index is -0.569. The van der Waals surface area contributed by atoms with Gasteiger partial charge in [-0.05, 0) is 29.7 Å². The second kappa shape index (κ2) is 5.06. The van der Waals surface area contributed by atoms with Crippen molar-refractivity contribution in [3.8, 4) is 0 Å². The highest BCUT2D eigenvalue weighted by Crippen LogP contribution is 2.17. The number of hydrogen-bond donors (Lipinski definition) is 1. The fraction of sp³-hybridized carbons (Fsp3) is 0.143. The van der Waals surface area contributed by atoms with Crippen molar-refractivity contribution in [3.05, 3.63) is 71.3 Å². The molecule has 0 aliphatic rings. The Balaban J connectivity index is 2.16. The third kappa shape index (κ3) is 3.11. The normalized spacial score (nSPS) is 12.4. The topological polar surface area (TPSA) is 26.0 Å². The monoisotopic (exact) mass is 233 g/mol. The molecule has 0 fully saturated rings. The van der Waals surface area contributed by atoms with Crippen molar-refractivity contribution >= 4 is 0 Å². The molecule has 2 rings (SSSR count). The first-order chi connectivity index (χ1) is 8.15. The van der Waals surface area contributed by atoms with Crippen molar-refractivity contribution in [3.63, 3.8) is 0 Å². The van der Waals surface area contributed by atoms with E-state index in [9.17, 15) is 8.78 Å². The summed E-state index contributed by atoms with van der Waals surface area (Å²) in [7, 11) is 0. The Hall–Kier alpha value is -1.74. The average Bonchev–Trinajstić information content (AvgIpc) is 2.28. The molecule has 0 amide bonds. The first kappa shape index (κ1) is 11.7. The molecule has 2 N–H and O–H groups in total. The maximum absolute atomic E-state index is 13.0. The number of rotatable bonds is 3. The highest BCUT2D eigenvalue weighted by Gasteiger charge is 2.08. The minimum Gasteiger partial charge on any atom is -0.324 e. The van der Waals surface area contributed by atoms with Gasteiger partial charge in [-0.25, -0.2) is 8.78 Å². The maximum atomic E-state index is 13.0. The van der Waals surface area contributed by atoms with Crippen molar-refractivity contribution in [1.82, 2.24) is 0 Å². The summed E-state index contributed by atoms with van der Waals surface area (Å²) in [5.41, 5.74) is 7.51. The van der Waals surface area contributed by atoms with Gasteiger partial charge in [0.25, 0.3) is 0 Å². The van der Waals surface area contributed by atoms with Gasteiger partial charge in [0.2, 0.25) is 0 Å². The van der Waals surface area contributed by atoms with Gasteiger partial charge < -0.3 is 5.73 Å². The molecule has 0 saturated carbocycles. The summed E-state index contributed by atoms with van der Waals surface area (Å²) >= 11 is 0. The van der Waals surface area contributed by atoms with Crippen LogP contribution in [0.1, 0.15) is 17.2 Å². The minimum absolute atomic E-state index is 0.252. The van der Waals surface area contributed by atoms with Crippen LogP contribution in [0.2, 0.25) is 0 Å². The SMILES string of the molecule is NC(Cc1cc(F)cc(F)c1)c1ccccc1. The van der Waals surface area contributed by atoms with Crippen molar-refractivity contribution in [2.45, 2.75) is 12.5 Å². The predicted octanol–water partition coefficient (Wildman–Crippen LogP) is 3.21. The highest BCUT2D eigenvalue weighted by atomic mass is 19.1. The zero-order valence-electron chi connectivity index (χ0n) is 9.24. The van der Waals surface area contributed by atoms with Gasteiger partial charge in [0.05, 0.1) is 0 Å². The van der Waals surface area contributed by atoms with Gasteiger partial charge in [-0.2, -0.15) is 0 Å². The van der Waals surface area contributed by atoms with Crippen molar-refractivity contribution in [2.75, 3.05) is 0 Å². The molecule has 1 atom stereocenters. The molecule has 1 nitrogen and oxygen atoms in total. The molecule has 0 aliphatic carbocycles. The number of nitrogens with two attached hydrogens (primary N) is 1. The molecule has 0 aliphatic heterocycles. The fourth-order valence-corrected chi connectivity index (χ4v) is 1.80. The van der Waals surface area contributed by atoms with E-state index in [-0.39, 0.29) is 6.04 Å². The lowest BCUT2D eigenvalue weighted by molar-refractivity contribution is 0.576. The van der Waals surface area contributed by atoms with Crippen LogP contribution < -0.4 is 5.73 Å². The summed E-state index contributed by atoms with van der Waals surface area (Å²) in [6.07, 6.45) is 0.415. The van der Waals surface area contributed by atoms with Crippen LogP contribution in [0.25, 0.3) is 0 Å². The first-order valence-electron chi connectivity index (χ1n) is 5.40. The number of benzene rings is 2. The van der Waals surface area contributed by atoms with E-state index in [1.807, 2.05) is 30.3 Å². The van der Waals surface area contributed by atoms with Crippen LogP contribution in [0.15, 0.2) is 48.5 Å².